The summed E-state index contributed by atoms with van der Waals surface area (Å²) in [6.45, 7) is -0.470. The first kappa shape index (κ1) is 17.6. The Kier molecular flexibility index (Phi) is 4.99. The molecule has 1 fully saturated rings. The minimum Gasteiger partial charge on any atom is -0.325 e. The van der Waals surface area contributed by atoms with Crippen LogP contribution in [0.3, 0.4) is 0 Å². The highest BCUT2D eigenvalue weighted by atomic mass is 35.5. The topological polar surface area (TPSA) is 78.5 Å². The summed E-state index contributed by atoms with van der Waals surface area (Å²) < 4.78 is 13.7. The Labute approximate surface area is 153 Å². The molecule has 2 aromatic carbocycles. The molecule has 132 valence electrons. The zero-order valence-electron chi connectivity index (χ0n) is 13.3. The molecule has 4 amide bonds. The number of nitrogens with zero attached hydrogens (tertiary/aromatic N) is 1. The lowest BCUT2D eigenvalue weighted by atomic mass is 10.2. The SMILES string of the molecule is O=C(CN1C(=O)N/C(=C\c2ccccc2F)C1=O)Nc1ccc(Cl)cc1. The van der Waals surface area contributed by atoms with Crippen molar-refractivity contribution in [1.29, 1.82) is 0 Å². The van der Waals surface area contributed by atoms with Crippen molar-refractivity contribution >= 4 is 41.2 Å². The lowest BCUT2D eigenvalue weighted by Gasteiger charge is -2.12. The van der Waals surface area contributed by atoms with Gasteiger partial charge in [0.25, 0.3) is 5.91 Å². The van der Waals surface area contributed by atoms with Gasteiger partial charge in [0.15, 0.2) is 0 Å². The average Bonchev–Trinajstić information content (AvgIpc) is 2.86. The van der Waals surface area contributed by atoms with Crippen molar-refractivity contribution in [2.24, 2.45) is 0 Å². The predicted octanol–water partition coefficient (Wildman–Crippen LogP) is 3.01. The number of nitrogens with one attached hydrogen (secondary N) is 2. The first-order valence-corrected chi connectivity index (χ1v) is 7.96. The van der Waals surface area contributed by atoms with Crippen molar-refractivity contribution in [3.8, 4) is 0 Å². The number of carbonyl (C=O) groups excluding carboxylic acids is 3. The molecule has 0 aromatic heterocycles. The van der Waals surface area contributed by atoms with Crippen LogP contribution >= 0.6 is 11.6 Å². The maximum Gasteiger partial charge on any atom is 0.329 e. The molecule has 0 atom stereocenters. The van der Waals surface area contributed by atoms with Crippen molar-refractivity contribution < 1.29 is 18.8 Å². The van der Waals surface area contributed by atoms with Gasteiger partial charge in [-0.05, 0) is 36.4 Å². The normalized spacial score (nSPS) is 15.3. The molecule has 3 rings (SSSR count). The minimum absolute atomic E-state index is 0.0978. The molecule has 8 heteroatoms. The number of benzene rings is 2. The van der Waals surface area contributed by atoms with E-state index in [1.165, 1.54) is 24.3 Å². The van der Waals surface area contributed by atoms with Gasteiger partial charge in [-0.1, -0.05) is 29.8 Å². The summed E-state index contributed by atoms with van der Waals surface area (Å²) in [5.41, 5.74) is 0.539. The van der Waals surface area contributed by atoms with Gasteiger partial charge in [-0.25, -0.2) is 14.1 Å². The summed E-state index contributed by atoms with van der Waals surface area (Å²) in [6, 6.07) is 11.5. The molecule has 0 bridgehead atoms. The van der Waals surface area contributed by atoms with Crippen LogP contribution in [-0.4, -0.2) is 29.3 Å². The van der Waals surface area contributed by atoms with E-state index in [1.54, 1.807) is 30.3 Å². The van der Waals surface area contributed by atoms with E-state index in [0.717, 1.165) is 4.90 Å². The fourth-order valence-corrected chi connectivity index (χ4v) is 2.47. The number of anilines is 1. The Morgan fingerprint density at radius 3 is 2.54 bits per heavy atom. The molecule has 0 unspecified atom stereocenters. The second-order valence-electron chi connectivity index (χ2n) is 5.46. The maximum absolute atomic E-state index is 13.7. The smallest absolute Gasteiger partial charge is 0.325 e. The Morgan fingerprint density at radius 2 is 1.85 bits per heavy atom. The third-order valence-corrected chi connectivity index (χ3v) is 3.85. The van der Waals surface area contributed by atoms with E-state index >= 15 is 0 Å². The summed E-state index contributed by atoms with van der Waals surface area (Å²) in [4.78, 5) is 37.1. The lowest BCUT2D eigenvalue weighted by Crippen LogP contribution is -2.38. The number of imide groups is 1. The molecular weight excluding hydrogens is 361 g/mol. The molecule has 1 heterocycles. The summed E-state index contributed by atoms with van der Waals surface area (Å²) in [6.07, 6.45) is 1.23. The molecule has 1 aliphatic heterocycles. The maximum atomic E-state index is 13.7. The Morgan fingerprint density at radius 1 is 1.15 bits per heavy atom. The van der Waals surface area contributed by atoms with Gasteiger partial charge in [0, 0.05) is 16.3 Å². The molecular formula is C18H13ClFN3O3. The summed E-state index contributed by atoms with van der Waals surface area (Å²) in [7, 11) is 0. The number of urea groups is 1. The van der Waals surface area contributed by atoms with Gasteiger partial charge in [0.05, 0.1) is 0 Å². The highest BCUT2D eigenvalue weighted by Gasteiger charge is 2.35. The summed E-state index contributed by atoms with van der Waals surface area (Å²) in [5, 5.41) is 5.41. The highest BCUT2D eigenvalue weighted by Crippen LogP contribution is 2.17. The van der Waals surface area contributed by atoms with Crippen LogP contribution in [0, 0.1) is 5.82 Å². The second-order valence-corrected chi connectivity index (χ2v) is 5.89. The summed E-state index contributed by atoms with van der Waals surface area (Å²) >= 11 is 5.77. The van der Waals surface area contributed by atoms with Crippen LogP contribution in [0.25, 0.3) is 6.08 Å². The second kappa shape index (κ2) is 7.37. The van der Waals surface area contributed by atoms with E-state index in [1.807, 2.05) is 0 Å². The predicted molar refractivity (Wildman–Crippen MR) is 94.7 cm³/mol. The van der Waals surface area contributed by atoms with Crippen molar-refractivity contribution in [2.75, 3.05) is 11.9 Å². The lowest BCUT2D eigenvalue weighted by molar-refractivity contribution is -0.127. The van der Waals surface area contributed by atoms with Crippen molar-refractivity contribution in [1.82, 2.24) is 10.2 Å². The van der Waals surface area contributed by atoms with Gasteiger partial charge in [0.2, 0.25) is 5.91 Å². The number of rotatable bonds is 4. The number of amides is 4. The largest absolute Gasteiger partial charge is 0.329 e. The van der Waals surface area contributed by atoms with Gasteiger partial charge in [0.1, 0.15) is 18.1 Å². The van der Waals surface area contributed by atoms with Gasteiger partial charge < -0.3 is 10.6 Å². The Hall–Kier alpha value is -3.19. The standard InChI is InChI=1S/C18H13ClFN3O3/c19-12-5-7-13(8-6-12)21-16(24)10-23-17(25)15(22-18(23)26)9-11-3-1-2-4-14(11)20/h1-9H,10H2,(H,21,24)(H,22,26)/b15-9-. The van der Waals surface area contributed by atoms with E-state index in [9.17, 15) is 18.8 Å². The number of hydrogen-bond acceptors (Lipinski definition) is 3. The van der Waals surface area contributed by atoms with Crippen LogP contribution in [0.4, 0.5) is 14.9 Å². The first-order valence-electron chi connectivity index (χ1n) is 7.58. The van der Waals surface area contributed by atoms with Crippen LogP contribution in [0.15, 0.2) is 54.2 Å². The monoisotopic (exact) mass is 373 g/mol. The number of carbonyl (C=O) groups is 3. The molecule has 26 heavy (non-hydrogen) atoms. The fourth-order valence-electron chi connectivity index (χ4n) is 2.34. The Balaban J connectivity index is 1.70. The van der Waals surface area contributed by atoms with E-state index < -0.39 is 30.2 Å². The van der Waals surface area contributed by atoms with E-state index in [0.29, 0.717) is 10.7 Å². The van der Waals surface area contributed by atoms with Crippen LogP contribution in [0.5, 0.6) is 0 Å². The van der Waals surface area contributed by atoms with Crippen LogP contribution in [0.1, 0.15) is 5.56 Å². The van der Waals surface area contributed by atoms with Crippen LogP contribution in [-0.2, 0) is 9.59 Å². The third-order valence-electron chi connectivity index (χ3n) is 3.60. The minimum atomic E-state index is -0.746. The van der Waals surface area contributed by atoms with Crippen molar-refractivity contribution in [3.63, 3.8) is 0 Å². The van der Waals surface area contributed by atoms with Crippen LogP contribution < -0.4 is 10.6 Å². The molecule has 1 aliphatic rings. The molecule has 2 N–H and O–H groups in total. The van der Waals surface area contributed by atoms with Gasteiger partial charge in [-0.3, -0.25) is 9.59 Å². The van der Waals surface area contributed by atoms with Crippen LogP contribution in [0.2, 0.25) is 5.02 Å². The fraction of sp³-hybridized carbons (Fsp3) is 0.0556. The van der Waals surface area contributed by atoms with Gasteiger partial charge in [-0.15, -0.1) is 0 Å². The van der Waals surface area contributed by atoms with Crippen molar-refractivity contribution in [2.45, 2.75) is 0 Å². The van der Waals surface area contributed by atoms with Crippen molar-refractivity contribution in [3.05, 3.63) is 70.6 Å². The first-order chi connectivity index (χ1) is 12.4. The molecule has 1 saturated heterocycles. The van der Waals surface area contributed by atoms with Gasteiger partial charge in [-0.2, -0.15) is 0 Å². The van der Waals surface area contributed by atoms with E-state index in [2.05, 4.69) is 10.6 Å². The quantitative estimate of drug-likeness (QED) is 0.638. The summed E-state index contributed by atoms with van der Waals surface area (Å²) in [5.74, 6) is -1.78. The van der Waals surface area contributed by atoms with Gasteiger partial charge >= 0.3 is 6.03 Å². The zero-order valence-corrected chi connectivity index (χ0v) is 14.1. The Bertz CT molecular complexity index is 912. The molecule has 0 saturated carbocycles. The molecule has 0 spiro atoms. The average molecular weight is 374 g/mol. The molecule has 2 aromatic rings. The zero-order chi connectivity index (χ0) is 18.7. The highest BCUT2D eigenvalue weighted by molar-refractivity contribution is 6.30. The van der Waals surface area contributed by atoms with E-state index in [4.69, 9.17) is 11.6 Å². The number of halogens is 2. The molecule has 0 radical (unpaired) electrons. The number of hydrogen-bond donors (Lipinski definition) is 2. The van der Waals surface area contributed by atoms with E-state index in [-0.39, 0.29) is 11.3 Å². The molecule has 0 aliphatic carbocycles. The molecule has 6 nitrogen and oxygen atoms in total. The third kappa shape index (κ3) is 3.89.